The molecule has 1 unspecified atom stereocenters. The van der Waals surface area contributed by atoms with E-state index < -0.39 is 29.1 Å². The van der Waals surface area contributed by atoms with Gasteiger partial charge in [-0.05, 0) is 13.0 Å². The zero-order valence-electron chi connectivity index (χ0n) is 7.88. The number of rotatable bonds is 2. The Morgan fingerprint density at radius 3 is 2.60 bits per heavy atom. The number of carbonyl (C=O) groups is 1. The van der Waals surface area contributed by atoms with Crippen molar-refractivity contribution in [3.05, 3.63) is 29.6 Å². The highest BCUT2D eigenvalue weighted by Crippen LogP contribution is 2.31. The predicted molar refractivity (Wildman–Crippen MR) is 47.2 cm³/mol. The van der Waals surface area contributed by atoms with Crippen LogP contribution in [-0.4, -0.2) is 16.8 Å². The lowest BCUT2D eigenvalue weighted by Gasteiger charge is -2.12. The summed E-state index contributed by atoms with van der Waals surface area (Å²) in [6.45, 7) is 1.34. The van der Waals surface area contributed by atoms with Crippen LogP contribution in [-0.2, 0) is 6.18 Å². The molecule has 1 aromatic rings. The number of Topliss-reactive ketones (excluding diaryl/α,β-unsaturated/α-hetero) is 1. The number of ketones is 1. The summed E-state index contributed by atoms with van der Waals surface area (Å²) in [5.74, 6) is -0.746. The molecule has 0 amide bonds. The molecule has 0 spiro atoms. The summed E-state index contributed by atoms with van der Waals surface area (Å²) in [6, 6.07) is 0.0580. The fourth-order valence-corrected chi connectivity index (χ4v) is 1.08. The number of pyridine rings is 1. The molecule has 0 bridgehead atoms. The van der Waals surface area contributed by atoms with Gasteiger partial charge >= 0.3 is 6.18 Å². The molecule has 0 radical (unpaired) electrons. The molecule has 82 valence electrons. The first kappa shape index (κ1) is 11.6. The van der Waals surface area contributed by atoms with Crippen molar-refractivity contribution >= 4 is 5.78 Å². The van der Waals surface area contributed by atoms with E-state index in [4.69, 9.17) is 5.73 Å². The van der Waals surface area contributed by atoms with Crippen molar-refractivity contribution in [1.29, 1.82) is 0 Å². The molecule has 0 aliphatic carbocycles. The Kier molecular flexibility index (Phi) is 3.09. The average Bonchev–Trinajstić information content (AvgIpc) is 2.15. The summed E-state index contributed by atoms with van der Waals surface area (Å²) >= 11 is 0. The van der Waals surface area contributed by atoms with Crippen LogP contribution in [0, 0.1) is 0 Å². The Morgan fingerprint density at radius 2 is 2.13 bits per heavy atom. The van der Waals surface area contributed by atoms with Gasteiger partial charge in [0, 0.05) is 18.0 Å². The number of hydrogen-bond donors (Lipinski definition) is 1. The normalized spacial score (nSPS) is 13.7. The molecule has 0 saturated heterocycles. The van der Waals surface area contributed by atoms with Crippen molar-refractivity contribution in [2.45, 2.75) is 19.1 Å². The topological polar surface area (TPSA) is 56.0 Å². The van der Waals surface area contributed by atoms with Crippen LogP contribution in [0.1, 0.15) is 22.8 Å². The van der Waals surface area contributed by atoms with Crippen LogP contribution >= 0.6 is 0 Å². The summed E-state index contributed by atoms with van der Waals surface area (Å²) < 4.78 is 37.3. The van der Waals surface area contributed by atoms with E-state index in [1.54, 1.807) is 0 Å². The van der Waals surface area contributed by atoms with Crippen molar-refractivity contribution < 1.29 is 18.0 Å². The van der Waals surface area contributed by atoms with Crippen molar-refractivity contribution in [3.8, 4) is 0 Å². The Balaban J connectivity index is 3.25. The number of nitrogens with zero attached hydrogens (tertiary/aromatic N) is 1. The molecule has 0 aliphatic rings. The molecule has 6 heteroatoms. The molecule has 1 aromatic heterocycles. The summed E-state index contributed by atoms with van der Waals surface area (Å²) in [5.41, 5.74) is 3.76. The summed E-state index contributed by atoms with van der Waals surface area (Å²) in [7, 11) is 0. The highest BCUT2D eigenvalue weighted by atomic mass is 19.4. The maximum atomic E-state index is 12.4. The third-order valence-electron chi connectivity index (χ3n) is 1.81. The van der Waals surface area contributed by atoms with E-state index >= 15 is 0 Å². The van der Waals surface area contributed by atoms with E-state index in [1.165, 1.54) is 6.92 Å². The Bertz CT molecular complexity index is 374. The van der Waals surface area contributed by atoms with Crippen molar-refractivity contribution in [2.24, 2.45) is 5.73 Å². The predicted octanol–water partition coefficient (Wildman–Crippen LogP) is 1.63. The molecule has 1 heterocycles. The molecular weight excluding hydrogens is 209 g/mol. The molecule has 0 aromatic carbocycles. The second kappa shape index (κ2) is 3.98. The van der Waals surface area contributed by atoms with Gasteiger partial charge in [-0.1, -0.05) is 0 Å². The average molecular weight is 218 g/mol. The SMILES string of the molecule is CC(N)C(=O)c1ccncc1C(F)(F)F. The minimum Gasteiger partial charge on any atom is -0.321 e. The first-order chi connectivity index (χ1) is 6.84. The second-order valence-electron chi connectivity index (χ2n) is 3.07. The van der Waals surface area contributed by atoms with Gasteiger partial charge in [0.15, 0.2) is 5.78 Å². The first-order valence-electron chi connectivity index (χ1n) is 4.15. The number of aromatic nitrogens is 1. The minimum absolute atomic E-state index is 0.437. The van der Waals surface area contributed by atoms with E-state index in [-0.39, 0.29) is 0 Å². The largest absolute Gasteiger partial charge is 0.418 e. The van der Waals surface area contributed by atoms with E-state index in [0.29, 0.717) is 6.20 Å². The van der Waals surface area contributed by atoms with Crippen LogP contribution in [0.5, 0.6) is 0 Å². The van der Waals surface area contributed by atoms with Gasteiger partial charge in [-0.25, -0.2) is 0 Å². The Morgan fingerprint density at radius 1 is 1.53 bits per heavy atom. The van der Waals surface area contributed by atoms with Crippen LogP contribution in [0.25, 0.3) is 0 Å². The van der Waals surface area contributed by atoms with Gasteiger partial charge in [0.05, 0.1) is 11.6 Å². The monoisotopic (exact) mass is 218 g/mol. The number of halogens is 3. The molecular formula is C9H9F3N2O. The van der Waals surface area contributed by atoms with Gasteiger partial charge in [0.2, 0.25) is 0 Å². The highest BCUT2D eigenvalue weighted by molar-refractivity contribution is 6.00. The smallest absolute Gasteiger partial charge is 0.321 e. The fourth-order valence-electron chi connectivity index (χ4n) is 1.08. The molecule has 0 saturated carbocycles. The van der Waals surface area contributed by atoms with Crippen LogP contribution in [0.2, 0.25) is 0 Å². The lowest BCUT2D eigenvalue weighted by molar-refractivity contribution is -0.138. The zero-order valence-corrected chi connectivity index (χ0v) is 7.88. The second-order valence-corrected chi connectivity index (χ2v) is 3.07. The van der Waals surface area contributed by atoms with Gasteiger partial charge in [0.1, 0.15) is 0 Å². The van der Waals surface area contributed by atoms with Gasteiger partial charge in [0.25, 0.3) is 0 Å². The molecule has 3 nitrogen and oxygen atoms in total. The van der Waals surface area contributed by atoms with E-state index in [0.717, 1.165) is 12.3 Å². The van der Waals surface area contributed by atoms with Gasteiger partial charge in [-0.3, -0.25) is 9.78 Å². The van der Waals surface area contributed by atoms with Gasteiger partial charge < -0.3 is 5.73 Å². The lowest BCUT2D eigenvalue weighted by Crippen LogP contribution is -2.28. The van der Waals surface area contributed by atoms with Crippen LogP contribution in [0.3, 0.4) is 0 Å². The van der Waals surface area contributed by atoms with Crippen molar-refractivity contribution in [3.63, 3.8) is 0 Å². The van der Waals surface area contributed by atoms with Crippen LogP contribution in [0.4, 0.5) is 13.2 Å². The molecule has 15 heavy (non-hydrogen) atoms. The number of alkyl halides is 3. The molecule has 2 N–H and O–H groups in total. The third-order valence-corrected chi connectivity index (χ3v) is 1.81. The molecule has 0 fully saturated rings. The first-order valence-corrected chi connectivity index (χ1v) is 4.15. The molecule has 1 atom stereocenters. The highest BCUT2D eigenvalue weighted by Gasteiger charge is 2.35. The van der Waals surface area contributed by atoms with Crippen molar-refractivity contribution in [2.75, 3.05) is 0 Å². The van der Waals surface area contributed by atoms with Crippen LogP contribution < -0.4 is 5.73 Å². The van der Waals surface area contributed by atoms with Crippen LogP contribution in [0.15, 0.2) is 18.5 Å². The van der Waals surface area contributed by atoms with Gasteiger partial charge in [-0.15, -0.1) is 0 Å². The maximum Gasteiger partial charge on any atom is 0.418 e. The van der Waals surface area contributed by atoms with E-state index in [1.807, 2.05) is 0 Å². The Labute approximate surface area is 84.1 Å². The fraction of sp³-hybridized carbons (Fsp3) is 0.333. The maximum absolute atomic E-state index is 12.4. The molecule has 0 aliphatic heterocycles. The lowest BCUT2D eigenvalue weighted by atomic mass is 10.0. The number of carbonyl (C=O) groups excluding carboxylic acids is 1. The summed E-state index contributed by atoms with van der Waals surface area (Å²) in [4.78, 5) is 14.7. The number of nitrogens with two attached hydrogens (primary N) is 1. The molecule has 1 rings (SSSR count). The quantitative estimate of drug-likeness (QED) is 0.767. The summed E-state index contributed by atoms with van der Waals surface area (Å²) in [5, 5.41) is 0. The summed E-state index contributed by atoms with van der Waals surface area (Å²) in [6.07, 6.45) is -2.84. The van der Waals surface area contributed by atoms with E-state index in [9.17, 15) is 18.0 Å². The van der Waals surface area contributed by atoms with Gasteiger partial charge in [-0.2, -0.15) is 13.2 Å². The zero-order chi connectivity index (χ0) is 11.6. The Hall–Kier alpha value is -1.43. The third kappa shape index (κ3) is 2.53. The van der Waals surface area contributed by atoms with E-state index in [2.05, 4.69) is 4.98 Å². The minimum atomic E-state index is -4.59. The standard InChI is InChI=1S/C9H9F3N2O/c1-5(13)8(15)6-2-3-14-4-7(6)9(10,11)12/h2-5H,13H2,1H3. The number of hydrogen-bond acceptors (Lipinski definition) is 3. The van der Waals surface area contributed by atoms with Crippen molar-refractivity contribution in [1.82, 2.24) is 4.98 Å².